The van der Waals surface area contributed by atoms with Crippen LogP contribution in [0.1, 0.15) is 6.92 Å². The van der Waals surface area contributed by atoms with Gasteiger partial charge in [0.1, 0.15) is 24.5 Å². The van der Waals surface area contributed by atoms with E-state index in [1.54, 1.807) is 17.3 Å². The van der Waals surface area contributed by atoms with Crippen LogP contribution in [-0.2, 0) is 9.53 Å². The number of fused-ring (bicyclic) bond motifs is 3. The van der Waals surface area contributed by atoms with Gasteiger partial charge >= 0.3 is 6.09 Å². The van der Waals surface area contributed by atoms with Crippen LogP contribution < -0.4 is 15.0 Å². The molecule has 2 aliphatic heterocycles. The maximum absolute atomic E-state index is 12.3. The van der Waals surface area contributed by atoms with Crippen molar-refractivity contribution in [2.45, 2.75) is 19.1 Å². The number of aromatic nitrogens is 1. The standard InChI is InChI=1S/C18H17N3O4/c1-11(22)20-9-17-15-10-24-16-7-12(13-3-2-6-19-8-13)4-5-14(16)21(15)18(23)25-17/h2-8,15,17H,9-10H2,1H3,(H,20,22). The quantitative estimate of drug-likeness (QED) is 0.925. The Morgan fingerprint density at radius 3 is 3.00 bits per heavy atom. The number of cyclic esters (lactones) is 1. The highest BCUT2D eigenvalue weighted by atomic mass is 16.6. The topological polar surface area (TPSA) is 80.8 Å². The van der Waals surface area contributed by atoms with Crippen molar-refractivity contribution in [1.82, 2.24) is 10.3 Å². The number of anilines is 1. The van der Waals surface area contributed by atoms with E-state index in [1.165, 1.54) is 6.92 Å². The first-order valence-corrected chi connectivity index (χ1v) is 8.05. The molecule has 1 N–H and O–H groups in total. The second-order valence-electron chi connectivity index (χ2n) is 6.03. The van der Waals surface area contributed by atoms with Gasteiger partial charge in [-0.15, -0.1) is 0 Å². The second kappa shape index (κ2) is 6.08. The molecule has 0 saturated carbocycles. The van der Waals surface area contributed by atoms with Crippen LogP contribution in [0.25, 0.3) is 11.1 Å². The van der Waals surface area contributed by atoms with E-state index in [4.69, 9.17) is 9.47 Å². The van der Waals surface area contributed by atoms with Crippen LogP contribution in [0.4, 0.5) is 10.5 Å². The number of carbonyl (C=O) groups excluding carboxylic acids is 2. The molecule has 7 heteroatoms. The average Bonchev–Trinajstić information content (AvgIpc) is 2.96. The fraction of sp³-hybridized carbons (Fsp3) is 0.278. The number of carbonyl (C=O) groups is 2. The molecule has 128 valence electrons. The predicted octanol–water partition coefficient (Wildman–Crippen LogP) is 1.97. The summed E-state index contributed by atoms with van der Waals surface area (Å²) < 4.78 is 11.3. The zero-order valence-corrected chi connectivity index (χ0v) is 13.6. The molecule has 0 aliphatic carbocycles. The van der Waals surface area contributed by atoms with Crippen molar-refractivity contribution in [2.75, 3.05) is 18.1 Å². The third-order valence-electron chi connectivity index (χ3n) is 4.39. The third-order valence-corrected chi connectivity index (χ3v) is 4.39. The number of benzene rings is 1. The molecule has 2 unspecified atom stereocenters. The smallest absolute Gasteiger partial charge is 0.415 e. The number of nitrogens with zero attached hydrogens (tertiary/aromatic N) is 2. The van der Waals surface area contributed by atoms with E-state index in [0.29, 0.717) is 18.0 Å². The lowest BCUT2D eigenvalue weighted by atomic mass is 10.0. The van der Waals surface area contributed by atoms with Gasteiger partial charge in [0.25, 0.3) is 0 Å². The van der Waals surface area contributed by atoms with Crippen molar-refractivity contribution in [2.24, 2.45) is 0 Å². The molecule has 1 fully saturated rings. The van der Waals surface area contributed by atoms with Gasteiger partial charge in [0.05, 0.1) is 12.2 Å². The van der Waals surface area contributed by atoms with Crippen LogP contribution in [0, 0.1) is 0 Å². The lowest BCUT2D eigenvalue weighted by molar-refractivity contribution is -0.119. The molecule has 0 spiro atoms. The van der Waals surface area contributed by atoms with Crippen LogP contribution in [0.15, 0.2) is 42.7 Å². The molecule has 4 rings (SSSR count). The molecule has 1 saturated heterocycles. The lowest BCUT2D eigenvalue weighted by Gasteiger charge is -2.31. The number of hydrogen-bond donors (Lipinski definition) is 1. The van der Waals surface area contributed by atoms with Gasteiger partial charge < -0.3 is 14.8 Å². The highest BCUT2D eigenvalue weighted by Crippen LogP contribution is 2.40. The monoisotopic (exact) mass is 339 g/mol. The van der Waals surface area contributed by atoms with Gasteiger partial charge in [0, 0.05) is 24.9 Å². The summed E-state index contributed by atoms with van der Waals surface area (Å²) in [6.45, 7) is 2.02. The second-order valence-corrected chi connectivity index (χ2v) is 6.03. The molecule has 2 atom stereocenters. The van der Waals surface area contributed by atoms with Crippen LogP contribution in [0.5, 0.6) is 5.75 Å². The minimum absolute atomic E-state index is 0.160. The van der Waals surface area contributed by atoms with Gasteiger partial charge in [-0.2, -0.15) is 0 Å². The number of nitrogens with one attached hydrogen (secondary N) is 1. The van der Waals surface area contributed by atoms with Crippen molar-refractivity contribution in [1.29, 1.82) is 0 Å². The first-order chi connectivity index (χ1) is 12.1. The highest BCUT2D eigenvalue weighted by Gasteiger charge is 2.46. The summed E-state index contributed by atoms with van der Waals surface area (Å²) in [7, 11) is 0. The Hall–Kier alpha value is -3.09. The Morgan fingerprint density at radius 1 is 1.36 bits per heavy atom. The Kier molecular flexibility index (Phi) is 3.76. The zero-order chi connectivity index (χ0) is 17.4. The predicted molar refractivity (Wildman–Crippen MR) is 90.4 cm³/mol. The molecule has 1 aromatic carbocycles. The van der Waals surface area contributed by atoms with Gasteiger partial charge in [-0.3, -0.25) is 14.7 Å². The fourth-order valence-corrected chi connectivity index (χ4v) is 3.16. The van der Waals surface area contributed by atoms with Gasteiger partial charge in [-0.05, 0) is 23.8 Å². The maximum Gasteiger partial charge on any atom is 0.415 e. The summed E-state index contributed by atoms with van der Waals surface area (Å²) in [5, 5.41) is 2.69. The van der Waals surface area contributed by atoms with Gasteiger partial charge in [-0.25, -0.2) is 4.79 Å². The Morgan fingerprint density at radius 2 is 2.24 bits per heavy atom. The molecular weight excluding hydrogens is 322 g/mol. The number of rotatable bonds is 3. The number of pyridine rings is 1. The number of amides is 2. The Bertz CT molecular complexity index is 824. The zero-order valence-electron chi connectivity index (χ0n) is 13.6. The number of ether oxygens (including phenoxy) is 2. The summed E-state index contributed by atoms with van der Waals surface area (Å²) in [6, 6.07) is 9.26. The molecule has 7 nitrogen and oxygen atoms in total. The van der Waals surface area contributed by atoms with Crippen molar-refractivity contribution >= 4 is 17.7 Å². The first-order valence-electron chi connectivity index (χ1n) is 8.05. The molecule has 2 aliphatic rings. The van der Waals surface area contributed by atoms with E-state index in [9.17, 15) is 9.59 Å². The normalized spacial score (nSPS) is 21.0. The van der Waals surface area contributed by atoms with E-state index in [2.05, 4.69) is 10.3 Å². The molecule has 2 amide bonds. The minimum Gasteiger partial charge on any atom is -0.489 e. The van der Waals surface area contributed by atoms with Gasteiger partial charge in [0.2, 0.25) is 5.91 Å². The Labute approximate surface area is 144 Å². The number of hydrogen-bond acceptors (Lipinski definition) is 5. The molecule has 2 aromatic rings. The van der Waals surface area contributed by atoms with Gasteiger partial charge in [0.15, 0.2) is 0 Å². The lowest BCUT2D eigenvalue weighted by Crippen LogP contribution is -2.47. The SMILES string of the molecule is CC(=O)NCC1OC(=O)N2c3ccc(-c4cccnc4)cc3OCC12. The largest absolute Gasteiger partial charge is 0.489 e. The van der Waals surface area contributed by atoms with Crippen molar-refractivity contribution < 1.29 is 19.1 Å². The molecule has 3 heterocycles. The molecule has 25 heavy (non-hydrogen) atoms. The van der Waals surface area contributed by atoms with Crippen LogP contribution in [0.2, 0.25) is 0 Å². The van der Waals surface area contributed by atoms with E-state index in [1.807, 2.05) is 30.3 Å². The summed E-state index contributed by atoms with van der Waals surface area (Å²) in [5.74, 6) is 0.475. The highest BCUT2D eigenvalue weighted by molar-refractivity contribution is 5.94. The molecular formula is C18H17N3O4. The van der Waals surface area contributed by atoms with Crippen molar-refractivity contribution in [3.05, 3.63) is 42.7 Å². The summed E-state index contributed by atoms with van der Waals surface area (Å²) in [4.78, 5) is 29.2. The van der Waals surface area contributed by atoms with E-state index >= 15 is 0 Å². The molecule has 0 radical (unpaired) electrons. The average molecular weight is 339 g/mol. The van der Waals surface area contributed by atoms with Gasteiger partial charge in [-0.1, -0.05) is 12.1 Å². The van der Waals surface area contributed by atoms with Crippen LogP contribution >= 0.6 is 0 Å². The van der Waals surface area contributed by atoms with Crippen LogP contribution in [0.3, 0.4) is 0 Å². The van der Waals surface area contributed by atoms with E-state index in [0.717, 1.165) is 11.1 Å². The Balaban J connectivity index is 1.62. The van der Waals surface area contributed by atoms with Crippen molar-refractivity contribution in [3.63, 3.8) is 0 Å². The summed E-state index contributed by atoms with van der Waals surface area (Å²) in [6.07, 6.45) is 2.65. The molecule has 0 bridgehead atoms. The summed E-state index contributed by atoms with van der Waals surface area (Å²) in [5.41, 5.74) is 2.62. The third kappa shape index (κ3) is 2.77. The summed E-state index contributed by atoms with van der Waals surface area (Å²) >= 11 is 0. The first kappa shape index (κ1) is 15.4. The van der Waals surface area contributed by atoms with Crippen LogP contribution in [-0.4, -0.2) is 42.3 Å². The van der Waals surface area contributed by atoms with E-state index in [-0.39, 0.29) is 18.5 Å². The van der Waals surface area contributed by atoms with Crippen molar-refractivity contribution in [3.8, 4) is 16.9 Å². The fourth-order valence-electron chi connectivity index (χ4n) is 3.16. The molecule has 1 aromatic heterocycles. The van der Waals surface area contributed by atoms with E-state index < -0.39 is 12.2 Å². The minimum atomic E-state index is -0.428. The maximum atomic E-state index is 12.3.